The average Bonchev–Trinajstić information content (AvgIpc) is 2.79. The lowest BCUT2D eigenvalue weighted by Crippen LogP contribution is -2.38. The molecular formula is C25H27ClN2O4S. The number of carbonyl (C=O) groups is 1. The highest BCUT2D eigenvalue weighted by Gasteiger charge is 2.30. The summed E-state index contributed by atoms with van der Waals surface area (Å²) in [7, 11) is -2.66. The van der Waals surface area contributed by atoms with Crippen LogP contribution in [-0.2, 0) is 14.8 Å². The normalized spacial score (nSPS) is 11.3. The number of aryl methyl sites for hydroxylation is 1. The number of nitrogens with one attached hydrogen (secondary N) is 1. The van der Waals surface area contributed by atoms with Gasteiger partial charge >= 0.3 is 0 Å². The second-order valence-electron chi connectivity index (χ2n) is 7.88. The van der Waals surface area contributed by atoms with Gasteiger partial charge in [-0.3, -0.25) is 9.10 Å². The van der Waals surface area contributed by atoms with Crippen molar-refractivity contribution < 1.29 is 17.9 Å². The summed E-state index contributed by atoms with van der Waals surface area (Å²) in [6.07, 6.45) is 0. The predicted octanol–water partition coefficient (Wildman–Crippen LogP) is 5.61. The molecule has 3 aromatic rings. The molecule has 1 amide bonds. The first kappa shape index (κ1) is 24.6. The Morgan fingerprint density at radius 1 is 1.06 bits per heavy atom. The quantitative estimate of drug-likeness (QED) is 0.448. The zero-order valence-corrected chi connectivity index (χ0v) is 20.6. The molecule has 1 N–H and O–H groups in total. The van der Waals surface area contributed by atoms with Crippen molar-refractivity contribution in [3.63, 3.8) is 0 Å². The van der Waals surface area contributed by atoms with Crippen LogP contribution in [0.25, 0.3) is 0 Å². The molecule has 174 valence electrons. The summed E-state index contributed by atoms with van der Waals surface area (Å²) in [5, 5.41) is 3.24. The van der Waals surface area contributed by atoms with Crippen molar-refractivity contribution in [2.24, 2.45) is 0 Å². The van der Waals surface area contributed by atoms with E-state index in [0.29, 0.717) is 10.7 Å². The first-order valence-corrected chi connectivity index (χ1v) is 12.3. The van der Waals surface area contributed by atoms with Crippen molar-refractivity contribution >= 4 is 38.9 Å². The molecule has 0 atom stereocenters. The van der Waals surface area contributed by atoms with Gasteiger partial charge in [0.05, 0.1) is 17.7 Å². The molecule has 0 saturated heterocycles. The topological polar surface area (TPSA) is 75.7 Å². The van der Waals surface area contributed by atoms with E-state index in [0.717, 1.165) is 15.4 Å². The number of sulfonamides is 1. The fourth-order valence-electron chi connectivity index (χ4n) is 3.53. The number of para-hydroxylation sites is 1. The van der Waals surface area contributed by atoms with E-state index in [1.165, 1.54) is 25.3 Å². The number of hydrogen-bond donors (Lipinski definition) is 1. The van der Waals surface area contributed by atoms with Crippen LogP contribution in [0.2, 0.25) is 5.02 Å². The maximum atomic E-state index is 13.6. The fourth-order valence-corrected chi connectivity index (χ4v) is 5.14. The van der Waals surface area contributed by atoms with E-state index in [1.807, 2.05) is 39.0 Å². The summed E-state index contributed by atoms with van der Waals surface area (Å²) in [6.45, 7) is 5.51. The molecule has 0 radical (unpaired) electrons. The standard InChI is InChI=1S/C25H27ClN2O4S/c1-17(2)21-12-8-9-18(3)25(21)27-24(29)16-28(22-15-19(26)13-14-23(22)32-4)33(30,31)20-10-6-5-7-11-20/h5-15,17H,16H2,1-4H3,(H,27,29). The Kier molecular flexibility index (Phi) is 7.66. The van der Waals surface area contributed by atoms with E-state index in [-0.39, 0.29) is 22.3 Å². The second kappa shape index (κ2) is 10.3. The monoisotopic (exact) mass is 486 g/mol. The van der Waals surface area contributed by atoms with Crippen molar-refractivity contribution in [1.29, 1.82) is 0 Å². The molecule has 0 aliphatic rings. The molecular weight excluding hydrogens is 460 g/mol. The van der Waals surface area contributed by atoms with Gasteiger partial charge in [-0.15, -0.1) is 0 Å². The van der Waals surface area contributed by atoms with Gasteiger partial charge in [-0.25, -0.2) is 8.42 Å². The van der Waals surface area contributed by atoms with Gasteiger partial charge < -0.3 is 10.1 Å². The van der Waals surface area contributed by atoms with Crippen molar-refractivity contribution in [3.8, 4) is 5.75 Å². The molecule has 3 aromatic carbocycles. The number of nitrogens with zero attached hydrogens (tertiary/aromatic N) is 1. The van der Waals surface area contributed by atoms with Gasteiger partial charge in [0, 0.05) is 10.7 Å². The highest BCUT2D eigenvalue weighted by molar-refractivity contribution is 7.92. The SMILES string of the molecule is COc1ccc(Cl)cc1N(CC(=O)Nc1c(C)cccc1C(C)C)S(=O)(=O)c1ccccc1. The molecule has 33 heavy (non-hydrogen) atoms. The summed E-state index contributed by atoms with van der Waals surface area (Å²) in [5.74, 6) is -0.0180. The van der Waals surface area contributed by atoms with Gasteiger partial charge in [0.1, 0.15) is 12.3 Å². The number of rotatable bonds is 8. The maximum absolute atomic E-state index is 13.6. The largest absolute Gasteiger partial charge is 0.495 e. The van der Waals surface area contributed by atoms with E-state index in [9.17, 15) is 13.2 Å². The van der Waals surface area contributed by atoms with Crippen LogP contribution in [0.15, 0.2) is 71.6 Å². The number of ether oxygens (including phenoxy) is 1. The Balaban J connectivity index is 2.05. The molecule has 0 spiro atoms. The van der Waals surface area contributed by atoms with Crippen LogP contribution in [0, 0.1) is 6.92 Å². The number of halogens is 1. The summed E-state index contributed by atoms with van der Waals surface area (Å²) < 4.78 is 33.6. The van der Waals surface area contributed by atoms with E-state index in [2.05, 4.69) is 5.32 Å². The molecule has 0 saturated carbocycles. The summed E-state index contributed by atoms with van der Waals surface area (Å²) in [4.78, 5) is 13.2. The first-order valence-electron chi connectivity index (χ1n) is 10.5. The summed E-state index contributed by atoms with van der Waals surface area (Å²) in [6, 6.07) is 18.4. The van der Waals surface area contributed by atoms with E-state index in [1.54, 1.807) is 30.3 Å². The van der Waals surface area contributed by atoms with E-state index >= 15 is 0 Å². The Labute approximate surface area is 200 Å². The summed E-state index contributed by atoms with van der Waals surface area (Å²) >= 11 is 6.18. The molecule has 0 aliphatic carbocycles. The molecule has 0 aliphatic heterocycles. The fraction of sp³-hybridized carbons (Fsp3) is 0.240. The van der Waals surface area contributed by atoms with E-state index in [4.69, 9.17) is 16.3 Å². The summed E-state index contributed by atoms with van der Waals surface area (Å²) in [5.41, 5.74) is 2.74. The minimum Gasteiger partial charge on any atom is -0.495 e. The average molecular weight is 487 g/mol. The number of benzene rings is 3. The zero-order valence-electron chi connectivity index (χ0n) is 19.0. The van der Waals surface area contributed by atoms with Crippen molar-refractivity contribution in [2.75, 3.05) is 23.3 Å². The van der Waals surface area contributed by atoms with Crippen molar-refractivity contribution in [2.45, 2.75) is 31.6 Å². The van der Waals surface area contributed by atoms with Crippen LogP contribution in [0.4, 0.5) is 11.4 Å². The molecule has 0 bridgehead atoms. The highest BCUT2D eigenvalue weighted by atomic mass is 35.5. The minimum atomic E-state index is -4.09. The number of carbonyl (C=O) groups excluding carboxylic acids is 1. The lowest BCUT2D eigenvalue weighted by Gasteiger charge is -2.26. The Morgan fingerprint density at radius 3 is 2.39 bits per heavy atom. The number of methoxy groups -OCH3 is 1. The number of hydrogen-bond acceptors (Lipinski definition) is 4. The van der Waals surface area contributed by atoms with E-state index < -0.39 is 22.5 Å². The number of amides is 1. The smallest absolute Gasteiger partial charge is 0.264 e. The molecule has 6 nitrogen and oxygen atoms in total. The molecule has 0 aromatic heterocycles. The van der Waals surface area contributed by atoms with Crippen LogP contribution < -0.4 is 14.4 Å². The molecule has 8 heteroatoms. The molecule has 3 rings (SSSR count). The minimum absolute atomic E-state index is 0.0542. The Morgan fingerprint density at radius 2 is 1.76 bits per heavy atom. The third-order valence-corrected chi connectivity index (χ3v) is 7.23. The zero-order chi connectivity index (χ0) is 24.2. The van der Waals surface area contributed by atoms with Crippen LogP contribution in [-0.4, -0.2) is 28.0 Å². The molecule has 0 unspecified atom stereocenters. The van der Waals surface area contributed by atoms with Crippen LogP contribution >= 0.6 is 11.6 Å². The molecule has 0 heterocycles. The lowest BCUT2D eigenvalue weighted by atomic mass is 9.98. The second-order valence-corrected chi connectivity index (χ2v) is 10.2. The predicted molar refractivity (Wildman–Crippen MR) is 133 cm³/mol. The van der Waals surface area contributed by atoms with Gasteiger partial charge in [0.25, 0.3) is 10.0 Å². The van der Waals surface area contributed by atoms with Crippen LogP contribution in [0.3, 0.4) is 0 Å². The lowest BCUT2D eigenvalue weighted by molar-refractivity contribution is -0.114. The van der Waals surface area contributed by atoms with Gasteiger partial charge in [0.15, 0.2) is 0 Å². The number of anilines is 2. The van der Waals surface area contributed by atoms with Gasteiger partial charge in [-0.05, 0) is 54.3 Å². The third kappa shape index (κ3) is 5.49. The van der Waals surface area contributed by atoms with Crippen molar-refractivity contribution in [3.05, 3.63) is 82.9 Å². The Bertz CT molecular complexity index is 1240. The Hall–Kier alpha value is -3.03. The van der Waals surface area contributed by atoms with Gasteiger partial charge in [0.2, 0.25) is 5.91 Å². The van der Waals surface area contributed by atoms with Gasteiger partial charge in [-0.1, -0.05) is 61.8 Å². The first-order chi connectivity index (χ1) is 15.6. The van der Waals surface area contributed by atoms with Gasteiger partial charge in [-0.2, -0.15) is 0 Å². The van der Waals surface area contributed by atoms with Crippen LogP contribution in [0.5, 0.6) is 5.75 Å². The maximum Gasteiger partial charge on any atom is 0.264 e. The van der Waals surface area contributed by atoms with Crippen molar-refractivity contribution in [1.82, 2.24) is 0 Å². The highest BCUT2D eigenvalue weighted by Crippen LogP contribution is 2.35. The third-order valence-electron chi connectivity index (χ3n) is 5.22. The molecule has 0 fully saturated rings. The van der Waals surface area contributed by atoms with Crippen LogP contribution in [0.1, 0.15) is 30.9 Å².